The molecule has 7 heteroatoms. The van der Waals surface area contributed by atoms with Gasteiger partial charge in [-0.1, -0.05) is 62.3 Å². The zero-order valence-electron chi connectivity index (χ0n) is 34.8. The molecule has 0 heterocycles. The molecule has 0 aromatic heterocycles. The molecule has 0 aliphatic rings. The van der Waals surface area contributed by atoms with Crippen LogP contribution in [-0.2, 0) is 33.3 Å². The summed E-state index contributed by atoms with van der Waals surface area (Å²) in [7, 11) is 1.71. The van der Waals surface area contributed by atoms with Crippen LogP contribution < -0.4 is 0 Å². The first kappa shape index (κ1) is 45.9. The van der Waals surface area contributed by atoms with Crippen molar-refractivity contribution in [2.24, 2.45) is 21.7 Å². The van der Waals surface area contributed by atoms with Crippen LogP contribution >= 0.6 is 0 Å². The van der Waals surface area contributed by atoms with Gasteiger partial charge in [0, 0.05) is 24.4 Å². The van der Waals surface area contributed by atoms with Crippen molar-refractivity contribution in [1.29, 1.82) is 0 Å². The first-order valence-electron chi connectivity index (χ1n) is 17.6. The van der Waals surface area contributed by atoms with Crippen LogP contribution in [0.1, 0.15) is 171 Å². The van der Waals surface area contributed by atoms with Crippen LogP contribution in [0.25, 0.3) is 0 Å². The van der Waals surface area contributed by atoms with E-state index < -0.39 is 50.4 Å². The summed E-state index contributed by atoms with van der Waals surface area (Å²) in [5.74, 6) is -0.0813. The van der Waals surface area contributed by atoms with Gasteiger partial charge in [-0.05, 0) is 108 Å². The number of methoxy groups -OCH3 is 1. The van der Waals surface area contributed by atoms with Gasteiger partial charge in [-0.25, -0.2) is 0 Å². The fraction of sp³-hybridized carbons (Fsp3) is 0.925. The number of hydrogen-bond acceptors (Lipinski definition) is 7. The normalized spacial score (nSPS) is 16.9. The minimum atomic E-state index is -1.05. The van der Waals surface area contributed by atoms with Gasteiger partial charge in [0.1, 0.15) is 18.0 Å². The van der Waals surface area contributed by atoms with Gasteiger partial charge in [0.15, 0.2) is 11.6 Å². The summed E-state index contributed by atoms with van der Waals surface area (Å²) in [4.78, 5) is 39.9. The van der Waals surface area contributed by atoms with Crippen LogP contribution in [0, 0.1) is 21.7 Å². The lowest BCUT2D eigenvalue weighted by atomic mass is 9.67. The van der Waals surface area contributed by atoms with Crippen molar-refractivity contribution in [2.45, 2.75) is 211 Å². The van der Waals surface area contributed by atoms with Crippen LogP contribution in [0.15, 0.2) is 0 Å². The number of rotatable bonds is 21. The number of Topliss-reactive ketones (excluding diaryl/α,β-unsaturated/α-hetero) is 2. The molecule has 0 aliphatic carbocycles. The van der Waals surface area contributed by atoms with E-state index in [4.69, 9.17) is 18.9 Å². The second-order valence-corrected chi connectivity index (χ2v) is 19.7. The third-order valence-electron chi connectivity index (χ3n) is 10.9. The lowest BCUT2D eigenvalue weighted by molar-refractivity contribution is -0.205. The molecule has 278 valence electrons. The van der Waals surface area contributed by atoms with Crippen molar-refractivity contribution >= 4 is 17.9 Å². The molecule has 0 amide bonds. The van der Waals surface area contributed by atoms with E-state index in [2.05, 4.69) is 27.7 Å². The summed E-state index contributed by atoms with van der Waals surface area (Å²) in [5, 5.41) is 0. The van der Waals surface area contributed by atoms with E-state index >= 15 is 0 Å². The van der Waals surface area contributed by atoms with E-state index in [1.165, 1.54) is 0 Å². The molecule has 0 aromatic carbocycles. The van der Waals surface area contributed by atoms with Crippen molar-refractivity contribution in [3.05, 3.63) is 0 Å². The molecule has 0 saturated heterocycles. The van der Waals surface area contributed by atoms with Crippen LogP contribution in [0.2, 0.25) is 0 Å². The Morgan fingerprint density at radius 2 is 1.11 bits per heavy atom. The van der Waals surface area contributed by atoms with Crippen LogP contribution in [0.3, 0.4) is 0 Å². The van der Waals surface area contributed by atoms with Crippen LogP contribution in [0.5, 0.6) is 0 Å². The molecule has 7 nitrogen and oxygen atoms in total. The zero-order valence-corrected chi connectivity index (χ0v) is 34.8. The summed E-state index contributed by atoms with van der Waals surface area (Å²) in [5.41, 5.74) is -6.95. The number of hydrogen-bond donors (Lipinski definition) is 0. The van der Waals surface area contributed by atoms with E-state index in [1.807, 2.05) is 111 Å². The minimum absolute atomic E-state index is 0.0110. The van der Waals surface area contributed by atoms with Crippen molar-refractivity contribution in [1.82, 2.24) is 0 Å². The molecule has 0 saturated carbocycles. The van der Waals surface area contributed by atoms with Crippen molar-refractivity contribution in [2.75, 3.05) is 7.11 Å². The molecule has 0 rings (SSSR count). The van der Waals surface area contributed by atoms with E-state index in [9.17, 15) is 14.4 Å². The largest absolute Gasteiger partial charge is 0.378 e. The van der Waals surface area contributed by atoms with Gasteiger partial charge in [-0.3, -0.25) is 9.59 Å². The molecule has 0 aliphatic heterocycles. The van der Waals surface area contributed by atoms with Gasteiger partial charge in [-0.2, -0.15) is 0 Å². The Morgan fingerprint density at radius 3 is 1.51 bits per heavy atom. The number of ketones is 2. The topological polar surface area (TPSA) is 88.1 Å². The van der Waals surface area contributed by atoms with Gasteiger partial charge in [0.2, 0.25) is 0 Å². The zero-order chi connectivity index (χ0) is 38.1. The molecule has 0 bridgehead atoms. The Labute approximate surface area is 290 Å². The number of carbonyl (C=O) groups excluding carboxylic acids is 3. The van der Waals surface area contributed by atoms with E-state index in [1.54, 1.807) is 14.0 Å². The SMILES string of the molecule is CCC(C)(CC(C)(C)OC(C)(C)C(=O)C(C)(C)CC(C)(C)OC(C)(C)C(C)(C)C(=O)C(C)OC(C)(C)C(C)(C)CC(C)(C)C=O)OC. The minimum Gasteiger partial charge on any atom is -0.378 e. The molecule has 0 N–H and O–H groups in total. The summed E-state index contributed by atoms with van der Waals surface area (Å²) in [6.45, 7) is 41.2. The van der Waals surface area contributed by atoms with Gasteiger partial charge in [-0.15, -0.1) is 0 Å². The van der Waals surface area contributed by atoms with Crippen molar-refractivity contribution in [3.63, 3.8) is 0 Å². The second kappa shape index (κ2) is 14.6. The van der Waals surface area contributed by atoms with E-state index in [0.717, 1.165) is 12.7 Å². The van der Waals surface area contributed by atoms with Gasteiger partial charge in [0.05, 0.1) is 33.4 Å². The van der Waals surface area contributed by atoms with Crippen molar-refractivity contribution in [3.8, 4) is 0 Å². The number of aldehydes is 1. The van der Waals surface area contributed by atoms with Gasteiger partial charge in [0.25, 0.3) is 0 Å². The molecule has 0 spiro atoms. The maximum Gasteiger partial charge on any atom is 0.169 e. The summed E-state index contributed by atoms with van der Waals surface area (Å²) < 4.78 is 25.6. The monoisotopic (exact) mass is 669 g/mol. The van der Waals surface area contributed by atoms with E-state index in [-0.39, 0.29) is 22.6 Å². The highest BCUT2D eigenvalue weighted by Gasteiger charge is 2.52. The maximum atomic E-state index is 14.1. The predicted molar refractivity (Wildman–Crippen MR) is 194 cm³/mol. The first-order valence-corrected chi connectivity index (χ1v) is 17.6. The third-order valence-corrected chi connectivity index (χ3v) is 10.9. The second-order valence-electron chi connectivity index (χ2n) is 19.7. The molecule has 2 atom stereocenters. The summed E-state index contributed by atoms with van der Waals surface area (Å²) in [6, 6.07) is 0. The average Bonchev–Trinajstić information content (AvgIpc) is 2.84. The molecule has 0 aromatic rings. The molecule has 2 unspecified atom stereocenters. The molecule has 0 fully saturated rings. The highest BCUT2D eigenvalue weighted by molar-refractivity contribution is 5.91. The number of ether oxygens (including phenoxy) is 4. The molecule has 47 heavy (non-hydrogen) atoms. The number of carbonyl (C=O) groups is 3. The van der Waals surface area contributed by atoms with Crippen LogP contribution in [-0.4, -0.2) is 64.7 Å². The summed E-state index contributed by atoms with van der Waals surface area (Å²) >= 11 is 0. The van der Waals surface area contributed by atoms with Crippen LogP contribution in [0.4, 0.5) is 0 Å². The Kier molecular flexibility index (Phi) is 14.2. The molecular weight excluding hydrogens is 592 g/mol. The molecular formula is C40H76O7. The third kappa shape index (κ3) is 12.0. The van der Waals surface area contributed by atoms with Gasteiger partial charge < -0.3 is 23.7 Å². The standard InChI is InChI=1S/C40H76O7/c1-23-40(21,44-22)26-35(11,12)46-37(15,16)30(43)32(5,6)25-34(9,10)47-39(19,20)36(13,14)29(42)28(2)45-38(17,18)33(7,8)24-31(3,4)27-41/h27-28H,23-26H2,1-22H3. The first-order chi connectivity index (χ1) is 20.4. The fourth-order valence-corrected chi connectivity index (χ4v) is 7.68. The predicted octanol–water partition coefficient (Wildman–Crippen LogP) is 9.75. The van der Waals surface area contributed by atoms with E-state index in [0.29, 0.717) is 19.3 Å². The quantitative estimate of drug-likeness (QED) is 0.113. The molecule has 0 radical (unpaired) electrons. The van der Waals surface area contributed by atoms with Crippen molar-refractivity contribution < 1.29 is 33.3 Å². The highest BCUT2D eigenvalue weighted by Crippen LogP contribution is 2.46. The highest BCUT2D eigenvalue weighted by atomic mass is 16.5. The lowest BCUT2D eigenvalue weighted by Gasteiger charge is -2.49. The van der Waals surface area contributed by atoms with Gasteiger partial charge >= 0.3 is 0 Å². The maximum absolute atomic E-state index is 14.1. The Balaban J connectivity index is 5.99. The fourth-order valence-electron chi connectivity index (χ4n) is 7.68. The summed E-state index contributed by atoms with van der Waals surface area (Å²) in [6.07, 6.45) is 2.78. The smallest absolute Gasteiger partial charge is 0.169 e. The lowest BCUT2D eigenvalue weighted by Crippen LogP contribution is -2.57. The average molecular weight is 669 g/mol. The Bertz CT molecular complexity index is 1080. The Hall–Kier alpha value is -1.15. The Morgan fingerprint density at radius 1 is 0.660 bits per heavy atom.